The molecule has 1 saturated heterocycles. The molecule has 7 heteroatoms. The predicted octanol–water partition coefficient (Wildman–Crippen LogP) is 3.44. The minimum absolute atomic E-state index is 0. The van der Waals surface area contributed by atoms with Gasteiger partial charge < -0.3 is 15.4 Å². The van der Waals surface area contributed by atoms with Gasteiger partial charge in [-0.15, -0.1) is 24.0 Å². The second-order valence-corrected chi connectivity index (χ2v) is 7.02. The molecule has 0 amide bonds. The Morgan fingerprint density at radius 3 is 3.04 bits per heavy atom. The van der Waals surface area contributed by atoms with Crippen LogP contribution in [0.1, 0.15) is 38.2 Å². The number of halogens is 1. The van der Waals surface area contributed by atoms with Gasteiger partial charge >= 0.3 is 0 Å². The fraction of sp³-hybridized carbons (Fsp3) is 0.647. The van der Waals surface area contributed by atoms with E-state index in [1.807, 2.05) is 23.9 Å². The number of nitrogens with one attached hydrogen (secondary N) is 2. The first-order valence-electron chi connectivity index (χ1n) is 8.46. The van der Waals surface area contributed by atoms with Crippen molar-refractivity contribution in [1.29, 1.82) is 0 Å². The number of unbranched alkanes of at least 4 members (excludes halogenated alkanes) is 1. The number of hydrogen-bond acceptors (Lipinski definition) is 4. The van der Waals surface area contributed by atoms with Gasteiger partial charge in [0, 0.05) is 37.1 Å². The normalized spacial score (nSPS) is 17.2. The van der Waals surface area contributed by atoms with Crippen molar-refractivity contribution in [2.75, 3.05) is 26.0 Å². The van der Waals surface area contributed by atoms with E-state index in [2.05, 4.69) is 27.5 Å². The molecule has 0 aromatic carbocycles. The van der Waals surface area contributed by atoms with E-state index in [9.17, 15) is 0 Å². The Bertz CT molecular complexity index is 495. The first-order chi connectivity index (χ1) is 11.3. The van der Waals surface area contributed by atoms with Gasteiger partial charge in [0.2, 0.25) is 5.88 Å². The number of aromatic nitrogens is 1. The van der Waals surface area contributed by atoms with Crippen LogP contribution in [0.3, 0.4) is 0 Å². The minimum Gasteiger partial charge on any atom is -0.477 e. The van der Waals surface area contributed by atoms with Crippen molar-refractivity contribution in [3.8, 4) is 5.88 Å². The summed E-state index contributed by atoms with van der Waals surface area (Å²) >= 11 is 2.05. The third-order valence-electron chi connectivity index (χ3n) is 3.78. The maximum absolute atomic E-state index is 5.77. The molecule has 0 saturated carbocycles. The quantitative estimate of drug-likeness (QED) is 0.267. The molecular weight excluding hydrogens is 435 g/mol. The molecule has 2 N–H and O–H groups in total. The molecule has 0 radical (unpaired) electrons. The fourth-order valence-electron chi connectivity index (χ4n) is 2.42. The van der Waals surface area contributed by atoms with Crippen molar-refractivity contribution in [1.82, 2.24) is 15.6 Å². The number of pyridine rings is 1. The summed E-state index contributed by atoms with van der Waals surface area (Å²) < 4.78 is 5.77. The van der Waals surface area contributed by atoms with Crippen LogP contribution < -0.4 is 15.4 Å². The number of guanidine groups is 1. The molecule has 0 spiro atoms. The molecule has 1 aromatic heterocycles. The Balaban J connectivity index is 0.00000288. The van der Waals surface area contributed by atoms with E-state index in [0.29, 0.717) is 18.4 Å². The number of nitrogens with zero attached hydrogens (tertiary/aromatic N) is 2. The standard InChI is InChI=1S/C17H28N4OS.HI/c1-3-4-10-22-16-14(7-5-9-19-16)12-20-17(18-2)21-13-15-8-6-11-23-15;/h5,7,9,15H,3-4,6,8,10-13H2,1-2H3,(H2,18,20,21);1H. The van der Waals surface area contributed by atoms with Gasteiger partial charge in [0.25, 0.3) is 0 Å². The first kappa shape index (κ1) is 21.3. The number of thioether (sulfide) groups is 1. The molecule has 1 unspecified atom stereocenters. The highest BCUT2D eigenvalue weighted by Gasteiger charge is 2.15. The minimum atomic E-state index is 0. The van der Waals surface area contributed by atoms with Gasteiger partial charge in [-0.2, -0.15) is 11.8 Å². The van der Waals surface area contributed by atoms with Crippen molar-refractivity contribution < 1.29 is 4.74 Å². The van der Waals surface area contributed by atoms with Crippen LogP contribution in [0, 0.1) is 0 Å². The maximum atomic E-state index is 5.77. The Kier molecular flexibility index (Phi) is 11.2. The second kappa shape index (κ2) is 12.6. The highest BCUT2D eigenvalue weighted by molar-refractivity contribution is 14.0. The molecule has 5 nitrogen and oxygen atoms in total. The average molecular weight is 464 g/mol. The van der Waals surface area contributed by atoms with Crippen LogP contribution in [-0.4, -0.2) is 42.1 Å². The lowest BCUT2D eigenvalue weighted by atomic mass is 10.2. The van der Waals surface area contributed by atoms with Crippen molar-refractivity contribution in [2.45, 2.75) is 44.4 Å². The number of ether oxygens (including phenoxy) is 1. The highest BCUT2D eigenvalue weighted by atomic mass is 127. The third-order valence-corrected chi connectivity index (χ3v) is 5.18. The van der Waals surface area contributed by atoms with Crippen molar-refractivity contribution >= 4 is 41.7 Å². The molecule has 1 atom stereocenters. The van der Waals surface area contributed by atoms with Crippen LogP contribution in [0.15, 0.2) is 23.3 Å². The van der Waals surface area contributed by atoms with E-state index < -0.39 is 0 Å². The zero-order chi connectivity index (χ0) is 16.3. The van der Waals surface area contributed by atoms with E-state index in [-0.39, 0.29) is 24.0 Å². The van der Waals surface area contributed by atoms with E-state index >= 15 is 0 Å². The summed E-state index contributed by atoms with van der Waals surface area (Å²) in [6.07, 6.45) is 6.57. The Morgan fingerprint density at radius 1 is 1.46 bits per heavy atom. The molecule has 2 rings (SSSR count). The smallest absolute Gasteiger partial charge is 0.218 e. The molecule has 136 valence electrons. The Morgan fingerprint density at radius 2 is 2.33 bits per heavy atom. The van der Waals surface area contributed by atoms with Crippen molar-refractivity contribution in [3.05, 3.63) is 23.9 Å². The molecule has 2 heterocycles. The number of aliphatic imine (C=N–C) groups is 1. The largest absolute Gasteiger partial charge is 0.477 e. The summed E-state index contributed by atoms with van der Waals surface area (Å²) in [5.74, 6) is 2.84. The summed E-state index contributed by atoms with van der Waals surface area (Å²) in [5.41, 5.74) is 1.06. The zero-order valence-electron chi connectivity index (χ0n) is 14.6. The zero-order valence-corrected chi connectivity index (χ0v) is 17.7. The highest BCUT2D eigenvalue weighted by Crippen LogP contribution is 2.25. The molecule has 0 bridgehead atoms. The molecule has 0 aliphatic carbocycles. The van der Waals surface area contributed by atoms with Gasteiger partial charge in [-0.05, 0) is 31.1 Å². The van der Waals surface area contributed by atoms with Gasteiger partial charge in [0.05, 0.1) is 6.61 Å². The predicted molar refractivity (Wildman–Crippen MR) is 114 cm³/mol. The lowest BCUT2D eigenvalue weighted by Gasteiger charge is -2.16. The lowest BCUT2D eigenvalue weighted by molar-refractivity contribution is 0.294. The van der Waals surface area contributed by atoms with Crippen LogP contribution in [0.4, 0.5) is 0 Å². The second-order valence-electron chi connectivity index (χ2n) is 5.61. The summed E-state index contributed by atoms with van der Waals surface area (Å²) in [7, 11) is 1.80. The van der Waals surface area contributed by atoms with Crippen LogP contribution in [0.2, 0.25) is 0 Å². The van der Waals surface area contributed by atoms with Crippen LogP contribution in [-0.2, 0) is 6.54 Å². The molecule has 1 fully saturated rings. The van der Waals surface area contributed by atoms with Crippen LogP contribution in [0.5, 0.6) is 5.88 Å². The average Bonchev–Trinajstić information content (AvgIpc) is 3.10. The van der Waals surface area contributed by atoms with Gasteiger partial charge in [0.1, 0.15) is 0 Å². The Labute approximate surface area is 166 Å². The van der Waals surface area contributed by atoms with E-state index in [1.54, 1.807) is 13.2 Å². The van der Waals surface area contributed by atoms with Crippen LogP contribution >= 0.6 is 35.7 Å². The number of hydrogen-bond donors (Lipinski definition) is 2. The molecular formula is C17H29IN4OS. The van der Waals surface area contributed by atoms with Crippen molar-refractivity contribution in [2.24, 2.45) is 4.99 Å². The van der Waals surface area contributed by atoms with E-state index in [1.165, 1.54) is 18.6 Å². The lowest BCUT2D eigenvalue weighted by Crippen LogP contribution is -2.39. The summed E-state index contributed by atoms with van der Waals surface area (Å²) in [5, 5.41) is 7.47. The summed E-state index contributed by atoms with van der Waals surface area (Å²) in [6.45, 7) is 4.50. The van der Waals surface area contributed by atoms with E-state index in [0.717, 1.165) is 36.8 Å². The van der Waals surface area contributed by atoms with Crippen molar-refractivity contribution in [3.63, 3.8) is 0 Å². The summed E-state index contributed by atoms with van der Waals surface area (Å²) in [6, 6.07) is 3.98. The third kappa shape index (κ3) is 7.46. The van der Waals surface area contributed by atoms with Crippen LogP contribution in [0.25, 0.3) is 0 Å². The maximum Gasteiger partial charge on any atom is 0.218 e. The van der Waals surface area contributed by atoms with Gasteiger partial charge in [-0.25, -0.2) is 4.98 Å². The van der Waals surface area contributed by atoms with E-state index in [4.69, 9.17) is 4.74 Å². The molecule has 1 aromatic rings. The van der Waals surface area contributed by atoms with Gasteiger partial charge in [-0.3, -0.25) is 4.99 Å². The van der Waals surface area contributed by atoms with Gasteiger partial charge in [0.15, 0.2) is 5.96 Å². The first-order valence-corrected chi connectivity index (χ1v) is 9.51. The molecule has 1 aliphatic rings. The van der Waals surface area contributed by atoms with Gasteiger partial charge in [-0.1, -0.05) is 19.4 Å². The fourth-order valence-corrected chi connectivity index (χ4v) is 3.62. The Hall–Kier alpha value is -0.700. The molecule has 1 aliphatic heterocycles. The molecule has 24 heavy (non-hydrogen) atoms. The monoisotopic (exact) mass is 464 g/mol. The summed E-state index contributed by atoms with van der Waals surface area (Å²) in [4.78, 5) is 8.63. The number of rotatable bonds is 8. The SMILES string of the molecule is CCCCOc1ncccc1CNC(=NC)NCC1CCCS1.I. The topological polar surface area (TPSA) is 58.5 Å².